The van der Waals surface area contributed by atoms with Crippen LogP contribution in [0.25, 0.3) is 0 Å². The molecule has 1 fully saturated rings. The topological polar surface area (TPSA) is 66.5 Å². The van der Waals surface area contributed by atoms with Gasteiger partial charge >= 0.3 is 0 Å². The third-order valence-corrected chi connectivity index (χ3v) is 4.75. The van der Waals surface area contributed by atoms with Crippen LogP contribution in [-0.4, -0.2) is 56.4 Å². The van der Waals surface area contributed by atoms with Gasteiger partial charge in [0, 0.05) is 25.9 Å². The summed E-state index contributed by atoms with van der Waals surface area (Å²) in [5.74, 6) is -0.00889. The predicted octanol–water partition coefficient (Wildman–Crippen LogP) is 0.0200. The van der Waals surface area contributed by atoms with Gasteiger partial charge < -0.3 is 5.32 Å². The predicted molar refractivity (Wildman–Crippen MR) is 67.6 cm³/mol. The van der Waals surface area contributed by atoms with Crippen molar-refractivity contribution in [2.45, 2.75) is 38.0 Å². The molecule has 0 aromatic rings. The van der Waals surface area contributed by atoms with Crippen LogP contribution >= 0.6 is 0 Å². The Bertz CT molecular complexity index is 361. The van der Waals surface area contributed by atoms with Crippen molar-refractivity contribution in [3.63, 3.8) is 0 Å². The minimum absolute atomic E-state index is 0.00889. The van der Waals surface area contributed by atoms with Crippen molar-refractivity contribution in [1.82, 2.24) is 10.2 Å². The maximum Gasteiger partial charge on any atom is 0.237 e. The van der Waals surface area contributed by atoms with Gasteiger partial charge in [0.15, 0.2) is 9.84 Å². The number of unbranched alkanes of at least 4 members (excludes halogenated alkanes) is 1. The Morgan fingerprint density at radius 2 is 2.06 bits per heavy atom. The normalized spacial score (nSPS) is 19.7. The van der Waals surface area contributed by atoms with Gasteiger partial charge in [-0.15, -0.1) is 0 Å². The quantitative estimate of drug-likeness (QED) is 0.685. The lowest BCUT2D eigenvalue weighted by molar-refractivity contribution is -0.127. The van der Waals surface area contributed by atoms with Crippen LogP contribution in [0.2, 0.25) is 0 Å². The summed E-state index contributed by atoms with van der Waals surface area (Å²) in [5.41, 5.74) is 0. The average Bonchev–Trinajstić information content (AvgIpc) is 2.13. The van der Waals surface area contributed by atoms with Gasteiger partial charge in [0.05, 0.1) is 11.3 Å². The van der Waals surface area contributed by atoms with Crippen LogP contribution < -0.4 is 5.32 Å². The van der Waals surface area contributed by atoms with Gasteiger partial charge in [0.1, 0.15) is 0 Å². The lowest BCUT2D eigenvalue weighted by Gasteiger charge is -2.41. The smallest absolute Gasteiger partial charge is 0.237 e. The largest absolute Gasteiger partial charge is 0.355 e. The zero-order chi connectivity index (χ0) is 13.1. The Hall–Kier alpha value is -0.620. The van der Waals surface area contributed by atoms with Crippen molar-refractivity contribution in [2.24, 2.45) is 0 Å². The van der Waals surface area contributed by atoms with Crippen molar-refractivity contribution >= 4 is 15.7 Å². The van der Waals surface area contributed by atoms with E-state index >= 15 is 0 Å². The first-order chi connectivity index (χ1) is 7.86. The molecule has 5 nitrogen and oxygen atoms in total. The number of hydrogen-bond donors (Lipinski definition) is 1. The second-order valence-electron chi connectivity index (χ2n) is 4.73. The number of nitrogens with zero attached hydrogens (tertiary/aromatic N) is 1. The highest BCUT2D eigenvalue weighted by Gasteiger charge is 2.38. The molecule has 0 spiro atoms. The SMILES string of the molecule is CCCCNC(=O)[C@H](C)N1CC(S(C)(=O)=O)C1. The van der Waals surface area contributed by atoms with Crippen molar-refractivity contribution in [3.05, 3.63) is 0 Å². The first-order valence-electron chi connectivity index (χ1n) is 6.07. The average molecular weight is 262 g/mol. The van der Waals surface area contributed by atoms with Crippen LogP contribution in [0, 0.1) is 0 Å². The van der Waals surface area contributed by atoms with Crippen LogP contribution in [0.4, 0.5) is 0 Å². The number of carbonyl (C=O) groups is 1. The molecule has 0 unspecified atom stereocenters. The molecule has 1 saturated heterocycles. The second kappa shape index (κ2) is 5.82. The number of sulfone groups is 1. The zero-order valence-corrected chi connectivity index (χ0v) is 11.6. The lowest BCUT2D eigenvalue weighted by Crippen LogP contribution is -2.60. The summed E-state index contributed by atoms with van der Waals surface area (Å²) in [7, 11) is -2.95. The number of hydrogen-bond acceptors (Lipinski definition) is 4. The molecule has 1 aliphatic heterocycles. The van der Waals surface area contributed by atoms with E-state index in [-0.39, 0.29) is 17.2 Å². The molecule has 1 heterocycles. The zero-order valence-electron chi connectivity index (χ0n) is 10.8. The maximum atomic E-state index is 11.7. The Morgan fingerprint density at radius 1 is 1.47 bits per heavy atom. The van der Waals surface area contributed by atoms with Gasteiger partial charge in [-0.1, -0.05) is 13.3 Å². The minimum Gasteiger partial charge on any atom is -0.355 e. The Kier molecular flexibility index (Phi) is 4.94. The van der Waals surface area contributed by atoms with Crippen molar-refractivity contribution in [2.75, 3.05) is 25.9 Å². The lowest BCUT2D eigenvalue weighted by atomic mass is 10.1. The summed E-state index contributed by atoms with van der Waals surface area (Å²) in [6.45, 7) is 5.53. The molecule has 1 N–H and O–H groups in total. The summed E-state index contributed by atoms with van der Waals surface area (Å²) < 4.78 is 22.5. The van der Waals surface area contributed by atoms with E-state index in [1.807, 2.05) is 11.8 Å². The minimum atomic E-state index is -2.95. The highest BCUT2D eigenvalue weighted by molar-refractivity contribution is 7.91. The molecule has 0 saturated carbocycles. The van der Waals surface area contributed by atoms with E-state index in [0.29, 0.717) is 19.6 Å². The van der Waals surface area contributed by atoms with E-state index < -0.39 is 9.84 Å². The fourth-order valence-electron chi connectivity index (χ4n) is 1.76. The molecule has 0 bridgehead atoms. The van der Waals surface area contributed by atoms with Gasteiger partial charge in [-0.05, 0) is 13.3 Å². The molecule has 100 valence electrons. The first kappa shape index (κ1) is 14.4. The summed E-state index contributed by atoms with van der Waals surface area (Å²) in [4.78, 5) is 13.6. The highest BCUT2D eigenvalue weighted by atomic mass is 32.2. The molecule has 1 rings (SSSR count). The summed E-state index contributed by atoms with van der Waals surface area (Å²) in [6, 6.07) is -0.232. The van der Waals surface area contributed by atoms with Gasteiger partial charge in [-0.2, -0.15) is 0 Å². The van der Waals surface area contributed by atoms with Gasteiger partial charge in [0.25, 0.3) is 0 Å². The third-order valence-electron chi connectivity index (χ3n) is 3.24. The maximum absolute atomic E-state index is 11.7. The van der Waals surface area contributed by atoms with Gasteiger partial charge in [-0.3, -0.25) is 9.69 Å². The van der Waals surface area contributed by atoms with Crippen LogP contribution in [-0.2, 0) is 14.6 Å². The third kappa shape index (κ3) is 3.96. The van der Waals surface area contributed by atoms with E-state index in [9.17, 15) is 13.2 Å². The van der Waals surface area contributed by atoms with Crippen LogP contribution in [0.5, 0.6) is 0 Å². The number of amides is 1. The number of nitrogens with one attached hydrogen (secondary N) is 1. The molecule has 0 radical (unpaired) electrons. The van der Waals surface area contributed by atoms with E-state index in [4.69, 9.17) is 0 Å². The Morgan fingerprint density at radius 3 is 2.53 bits per heavy atom. The Labute approximate surface area is 103 Å². The molecule has 1 amide bonds. The van der Waals surface area contributed by atoms with Crippen LogP contribution in [0.15, 0.2) is 0 Å². The molecular weight excluding hydrogens is 240 g/mol. The summed E-state index contributed by atoms with van der Waals surface area (Å²) >= 11 is 0. The Balaban J connectivity index is 2.31. The number of rotatable bonds is 6. The molecule has 17 heavy (non-hydrogen) atoms. The van der Waals surface area contributed by atoms with Crippen molar-refractivity contribution in [1.29, 1.82) is 0 Å². The van der Waals surface area contributed by atoms with E-state index in [2.05, 4.69) is 12.2 Å². The summed E-state index contributed by atoms with van der Waals surface area (Å²) in [6.07, 6.45) is 3.28. The van der Waals surface area contributed by atoms with E-state index in [1.165, 1.54) is 6.26 Å². The highest BCUT2D eigenvalue weighted by Crippen LogP contribution is 2.18. The van der Waals surface area contributed by atoms with Crippen LogP contribution in [0.3, 0.4) is 0 Å². The van der Waals surface area contributed by atoms with Gasteiger partial charge in [-0.25, -0.2) is 8.42 Å². The van der Waals surface area contributed by atoms with Crippen molar-refractivity contribution < 1.29 is 13.2 Å². The fourth-order valence-corrected chi connectivity index (χ4v) is 2.68. The molecule has 6 heteroatoms. The summed E-state index contributed by atoms with van der Waals surface area (Å²) in [5, 5.41) is 2.56. The van der Waals surface area contributed by atoms with Crippen molar-refractivity contribution in [3.8, 4) is 0 Å². The standard InChI is InChI=1S/C11H22N2O3S/c1-4-5-6-12-11(14)9(2)13-7-10(8-13)17(3,15)16/h9-10H,4-8H2,1-3H3,(H,12,14)/t9-/m0/s1. The molecule has 0 aromatic carbocycles. The molecule has 1 atom stereocenters. The van der Waals surface area contributed by atoms with Gasteiger partial charge in [0.2, 0.25) is 5.91 Å². The molecular formula is C11H22N2O3S. The molecule has 1 aliphatic rings. The fraction of sp³-hybridized carbons (Fsp3) is 0.909. The monoisotopic (exact) mass is 262 g/mol. The number of carbonyl (C=O) groups excluding carboxylic acids is 1. The molecule has 0 aliphatic carbocycles. The van der Waals surface area contributed by atoms with E-state index in [0.717, 1.165) is 12.8 Å². The second-order valence-corrected chi connectivity index (χ2v) is 7.05. The molecule has 0 aromatic heterocycles. The number of likely N-dealkylation sites (tertiary alicyclic amines) is 1. The first-order valence-corrected chi connectivity index (χ1v) is 8.02. The van der Waals surface area contributed by atoms with E-state index in [1.54, 1.807) is 0 Å². The van der Waals surface area contributed by atoms with Crippen LogP contribution in [0.1, 0.15) is 26.7 Å².